The van der Waals surface area contributed by atoms with Crippen LogP contribution in [0.2, 0.25) is 0 Å². The fourth-order valence-electron chi connectivity index (χ4n) is 3.16. The second kappa shape index (κ2) is 5.84. The number of hydrazone groups is 1. The lowest BCUT2D eigenvalue weighted by Gasteiger charge is -2.39. The van der Waals surface area contributed by atoms with E-state index in [4.69, 9.17) is 4.74 Å². The molecule has 7 nitrogen and oxygen atoms in total. The van der Waals surface area contributed by atoms with Gasteiger partial charge in [0.1, 0.15) is 11.0 Å². The predicted octanol–water partition coefficient (Wildman–Crippen LogP) is 2.14. The summed E-state index contributed by atoms with van der Waals surface area (Å²) in [5, 5.41) is 8.56. The molecule has 0 radical (unpaired) electrons. The van der Waals surface area contributed by atoms with Crippen molar-refractivity contribution in [2.75, 3.05) is 20.1 Å². The van der Waals surface area contributed by atoms with Gasteiger partial charge in [0.05, 0.1) is 10.7 Å². The first kappa shape index (κ1) is 16.9. The first-order chi connectivity index (χ1) is 11.2. The van der Waals surface area contributed by atoms with Gasteiger partial charge in [-0.05, 0) is 20.8 Å². The van der Waals surface area contributed by atoms with Gasteiger partial charge in [-0.25, -0.2) is 14.8 Å². The second-order valence-corrected chi connectivity index (χ2v) is 8.19. The highest BCUT2D eigenvalue weighted by Crippen LogP contribution is 2.38. The fraction of sp³-hybridized carbons (Fsp3) is 0.625. The van der Waals surface area contributed by atoms with Crippen LogP contribution in [0.3, 0.4) is 0 Å². The number of hydrogen-bond donors (Lipinski definition) is 0. The number of ether oxygens (including phenoxy) is 1. The lowest BCUT2D eigenvalue weighted by Crippen LogP contribution is -2.56. The molecule has 0 unspecified atom stereocenters. The van der Waals surface area contributed by atoms with Gasteiger partial charge >= 0.3 is 6.09 Å². The molecule has 3 heterocycles. The van der Waals surface area contributed by atoms with Crippen LogP contribution in [0, 0.1) is 5.41 Å². The van der Waals surface area contributed by atoms with Crippen LogP contribution in [0.25, 0.3) is 0 Å². The Bertz CT molecular complexity index is 680. The Morgan fingerprint density at radius 2 is 2.21 bits per heavy atom. The lowest BCUT2D eigenvalue weighted by atomic mass is 9.75. The molecule has 0 spiro atoms. The van der Waals surface area contributed by atoms with Gasteiger partial charge in [-0.1, -0.05) is 0 Å². The number of likely N-dealkylation sites (tertiary alicyclic amines) is 1. The van der Waals surface area contributed by atoms with E-state index in [1.165, 1.54) is 16.3 Å². The highest BCUT2D eigenvalue weighted by Gasteiger charge is 2.54. The molecule has 24 heavy (non-hydrogen) atoms. The Morgan fingerprint density at radius 1 is 1.46 bits per heavy atom. The van der Waals surface area contributed by atoms with Crippen molar-refractivity contribution in [3.63, 3.8) is 0 Å². The van der Waals surface area contributed by atoms with Gasteiger partial charge in [-0.3, -0.25) is 4.79 Å². The summed E-state index contributed by atoms with van der Waals surface area (Å²) in [5.41, 5.74) is -0.545. The monoisotopic (exact) mass is 350 g/mol. The van der Waals surface area contributed by atoms with Crippen molar-refractivity contribution in [2.45, 2.75) is 39.2 Å². The summed E-state index contributed by atoms with van der Waals surface area (Å²) >= 11 is 1.51. The molecular formula is C16H22N4O3S. The summed E-state index contributed by atoms with van der Waals surface area (Å²) in [6.07, 6.45) is 2.37. The third-order valence-electron chi connectivity index (χ3n) is 4.19. The SMILES string of the molecule is CN1N=C2CCN(C(=O)OC(C)(C)C)C[C@]2(Cc2nccs2)C1=O. The van der Waals surface area contributed by atoms with Crippen molar-refractivity contribution >= 4 is 29.0 Å². The fourth-order valence-corrected chi connectivity index (χ4v) is 3.89. The van der Waals surface area contributed by atoms with Gasteiger partial charge in [0.25, 0.3) is 5.91 Å². The number of aromatic nitrogens is 1. The zero-order valence-electron chi connectivity index (χ0n) is 14.4. The number of rotatable bonds is 2. The van der Waals surface area contributed by atoms with Gasteiger partial charge in [0, 0.05) is 44.6 Å². The molecule has 0 bridgehead atoms. The Morgan fingerprint density at radius 3 is 2.83 bits per heavy atom. The van der Waals surface area contributed by atoms with Crippen LogP contribution >= 0.6 is 11.3 Å². The lowest BCUT2D eigenvalue weighted by molar-refractivity contribution is -0.135. The largest absolute Gasteiger partial charge is 0.444 e. The minimum Gasteiger partial charge on any atom is -0.444 e. The van der Waals surface area contributed by atoms with Crippen LogP contribution in [-0.4, -0.2) is 58.3 Å². The molecule has 2 aliphatic rings. The van der Waals surface area contributed by atoms with Gasteiger partial charge < -0.3 is 9.64 Å². The van der Waals surface area contributed by atoms with Crippen molar-refractivity contribution < 1.29 is 14.3 Å². The van der Waals surface area contributed by atoms with Gasteiger partial charge in [-0.15, -0.1) is 11.3 Å². The summed E-state index contributed by atoms with van der Waals surface area (Å²) in [5.74, 6) is -0.0824. The molecule has 1 atom stereocenters. The van der Waals surface area contributed by atoms with Crippen molar-refractivity contribution in [1.29, 1.82) is 0 Å². The summed E-state index contributed by atoms with van der Waals surface area (Å²) in [6, 6.07) is 0. The van der Waals surface area contributed by atoms with Crippen molar-refractivity contribution in [1.82, 2.24) is 14.9 Å². The molecular weight excluding hydrogens is 328 g/mol. The first-order valence-electron chi connectivity index (χ1n) is 7.94. The molecule has 8 heteroatoms. The maximum Gasteiger partial charge on any atom is 0.410 e. The molecule has 130 valence electrons. The molecule has 0 aliphatic carbocycles. The van der Waals surface area contributed by atoms with Crippen LogP contribution in [-0.2, 0) is 16.0 Å². The molecule has 0 N–H and O–H groups in total. The van der Waals surface area contributed by atoms with E-state index in [0.717, 1.165) is 10.7 Å². The number of nitrogens with zero attached hydrogens (tertiary/aromatic N) is 4. The molecule has 1 aromatic heterocycles. The summed E-state index contributed by atoms with van der Waals surface area (Å²) in [7, 11) is 1.66. The molecule has 1 aromatic rings. The van der Waals surface area contributed by atoms with Crippen molar-refractivity contribution in [2.24, 2.45) is 10.5 Å². The number of piperidine rings is 1. The molecule has 3 rings (SSSR count). The third kappa shape index (κ3) is 3.02. The van der Waals surface area contributed by atoms with E-state index in [9.17, 15) is 9.59 Å². The molecule has 2 aliphatic heterocycles. The van der Waals surface area contributed by atoms with E-state index in [1.807, 2.05) is 26.2 Å². The zero-order valence-corrected chi connectivity index (χ0v) is 15.2. The van der Waals surface area contributed by atoms with E-state index in [1.54, 1.807) is 18.1 Å². The number of carbonyl (C=O) groups excluding carboxylic acids is 2. The zero-order chi connectivity index (χ0) is 17.5. The quantitative estimate of drug-likeness (QED) is 0.819. The topological polar surface area (TPSA) is 75.1 Å². The highest BCUT2D eigenvalue weighted by atomic mass is 32.1. The Labute approximate surface area is 145 Å². The minimum atomic E-state index is -0.818. The van der Waals surface area contributed by atoms with Crippen LogP contribution < -0.4 is 0 Å². The number of fused-ring (bicyclic) bond motifs is 1. The molecule has 1 saturated heterocycles. The van der Waals surface area contributed by atoms with Crippen molar-refractivity contribution in [3.05, 3.63) is 16.6 Å². The van der Waals surface area contributed by atoms with Crippen LogP contribution in [0.1, 0.15) is 32.2 Å². The predicted molar refractivity (Wildman–Crippen MR) is 90.9 cm³/mol. The average molecular weight is 350 g/mol. The molecule has 0 saturated carbocycles. The number of carbonyl (C=O) groups is 2. The summed E-state index contributed by atoms with van der Waals surface area (Å²) in [4.78, 5) is 31.2. The summed E-state index contributed by atoms with van der Waals surface area (Å²) in [6.45, 7) is 6.29. The van der Waals surface area contributed by atoms with E-state index in [-0.39, 0.29) is 18.5 Å². The smallest absolute Gasteiger partial charge is 0.410 e. The standard InChI is InChI=1S/C16H22N4O3S/c1-15(2,3)23-14(22)20-7-5-11-16(10-20,13(21)19(4)18-11)9-12-17-6-8-24-12/h6,8H,5,7,9-10H2,1-4H3/t16-/m0/s1. The van der Waals surface area contributed by atoms with Gasteiger partial charge in [0.15, 0.2) is 0 Å². The van der Waals surface area contributed by atoms with E-state index < -0.39 is 11.0 Å². The van der Waals surface area contributed by atoms with Crippen LogP contribution in [0.4, 0.5) is 4.79 Å². The van der Waals surface area contributed by atoms with E-state index in [0.29, 0.717) is 19.4 Å². The van der Waals surface area contributed by atoms with Crippen LogP contribution in [0.5, 0.6) is 0 Å². The molecule has 0 aromatic carbocycles. The van der Waals surface area contributed by atoms with E-state index in [2.05, 4.69) is 10.1 Å². The Hall–Kier alpha value is -1.96. The van der Waals surface area contributed by atoms with Crippen LogP contribution in [0.15, 0.2) is 16.7 Å². The highest BCUT2D eigenvalue weighted by molar-refractivity contribution is 7.09. The maximum atomic E-state index is 12.9. The Balaban J connectivity index is 1.87. The first-order valence-corrected chi connectivity index (χ1v) is 8.82. The Kier molecular flexibility index (Phi) is 4.11. The summed E-state index contributed by atoms with van der Waals surface area (Å²) < 4.78 is 5.48. The number of thiazole rings is 1. The van der Waals surface area contributed by atoms with E-state index >= 15 is 0 Å². The maximum absolute atomic E-state index is 12.9. The number of hydrogen-bond acceptors (Lipinski definition) is 6. The minimum absolute atomic E-state index is 0.0824. The van der Waals surface area contributed by atoms with Crippen molar-refractivity contribution in [3.8, 4) is 0 Å². The van der Waals surface area contributed by atoms with Gasteiger partial charge in [0.2, 0.25) is 0 Å². The third-order valence-corrected chi connectivity index (χ3v) is 4.97. The average Bonchev–Trinajstić information content (AvgIpc) is 3.06. The normalized spacial score (nSPS) is 24.0. The second-order valence-electron chi connectivity index (χ2n) is 7.21. The molecule has 2 amide bonds. The van der Waals surface area contributed by atoms with Gasteiger partial charge in [-0.2, -0.15) is 5.10 Å². The number of amides is 2. The molecule has 1 fully saturated rings.